The maximum atomic E-state index is 11.7. The zero-order valence-electron chi connectivity index (χ0n) is 9.59. The fourth-order valence-corrected chi connectivity index (χ4v) is 2.21. The Bertz CT molecular complexity index is 337. The molecular formula is C9H18N2O4S. The normalized spacial score (nSPS) is 12.0. The molecule has 0 atom stereocenters. The Kier molecular flexibility index (Phi) is 6.24. The van der Waals surface area contributed by atoms with Crippen LogP contribution >= 0.6 is 0 Å². The Morgan fingerprint density at radius 3 is 2.31 bits per heavy atom. The summed E-state index contributed by atoms with van der Waals surface area (Å²) in [5.41, 5.74) is 0. The van der Waals surface area contributed by atoms with Gasteiger partial charge in [-0.15, -0.1) is 6.58 Å². The number of rotatable bonds is 8. The van der Waals surface area contributed by atoms with Crippen LogP contribution in [0.15, 0.2) is 12.7 Å². The smallest absolute Gasteiger partial charge is 0.318 e. The van der Waals surface area contributed by atoms with E-state index in [9.17, 15) is 13.2 Å². The minimum Gasteiger partial charge on any atom is -0.480 e. The van der Waals surface area contributed by atoms with Gasteiger partial charge in [0.05, 0.1) is 5.75 Å². The van der Waals surface area contributed by atoms with Crippen molar-refractivity contribution in [3.8, 4) is 0 Å². The third-order valence-corrected chi connectivity index (χ3v) is 3.59. The maximum absolute atomic E-state index is 11.7. The molecule has 0 amide bonds. The molecule has 0 heterocycles. The highest BCUT2D eigenvalue weighted by Crippen LogP contribution is 2.02. The second-order valence-corrected chi connectivity index (χ2v) is 5.61. The molecule has 0 spiro atoms. The van der Waals surface area contributed by atoms with E-state index < -0.39 is 22.5 Å². The van der Waals surface area contributed by atoms with Gasteiger partial charge in [0.25, 0.3) is 0 Å². The van der Waals surface area contributed by atoms with Crippen LogP contribution < -0.4 is 0 Å². The van der Waals surface area contributed by atoms with E-state index in [0.29, 0.717) is 6.54 Å². The number of carbonyl (C=O) groups is 1. The number of aliphatic carboxylic acids is 1. The van der Waals surface area contributed by atoms with Gasteiger partial charge in [-0.2, -0.15) is 4.31 Å². The Balaban J connectivity index is 4.65. The van der Waals surface area contributed by atoms with Crippen LogP contribution in [0.2, 0.25) is 0 Å². The lowest BCUT2D eigenvalue weighted by molar-refractivity contribution is -0.137. The van der Waals surface area contributed by atoms with Crippen LogP contribution in [0.4, 0.5) is 0 Å². The molecule has 0 aliphatic carbocycles. The molecule has 16 heavy (non-hydrogen) atoms. The standard InChI is InChI=1S/C9H18N2O4S/c1-4-7-16(14,15)11(8-9(12)13)6-5-10(2)3/h4H,1,5-8H2,2-3H3,(H,12,13). The Morgan fingerprint density at radius 2 is 1.94 bits per heavy atom. The van der Waals surface area contributed by atoms with E-state index in [4.69, 9.17) is 5.11 Å². The van der Waals surface area contributed by atoms with E-state index in [2.05, 4.69) is 6.58 Å². The van der Waals surface area contributed by atoms with Crippen LogP contribution in [0.1, 0.15) is 0 Å². The monoisotopic (exact) mass is 250 g/mol. The minimum absolute atomic E-state index is 0.162. The molecule has 0 aliphatic rings. The van der Waals surface area contributed by atoms with Gasteiger partial charge in [-0.3, -0.25) is 4.79 Å². The summed E-state index contributed by atoms with van der Waals surface area (Å²) in [5.74, 6) is -1.40. The van der Waals surface area contributed by atoms with E-state index in [-0.39, 0.29) is 12.3 Å². The number of hydrogen-bond donors (Lipinski definition) is 1. The molecule has 0 aromatic heterocycles. The lowest BCUT2D eigenvalue weighted by Gasteiger charge is -2.21. The van der Waals surface area contributed by atoms with Crippen LogP contribution in [0, 0.1) is 0 Å². The Hall–Kier alpha value is -0.920. The van der Waals surface area contributed by atoms with Crippen LogP contribution in [0.5, 0.6) is 0 Å². The zero-order chi connectivity index (χ0) is 12.8. The Morgan fingerprint density at radius 1 is 1.38 bits per heavy atom. The predicted octanol–water partition coefficient (Wildman–Crippen LogP) is -0.550. The number of sulfonamides is 1. The van der Waals surface area contributed by atoms with Gasteiger partial charge in [0.15, 0.2) is 0 Å². The van der Waals surface area contributed by atoms with Gasteiger partial charge in [0.2, 0.25) is 10.0 Å². The number of nitrogens with zero attached hydrogens (tertiary/aromatic N) is 2. The molecule has 94 valence electrons. The molecule has 0 unspecified atom stereocenters. The first-order chi connectivity index (χ1) is 7.29. The van der Waals surface area contributed by atoms with Crippen molar-refractivity contribution >= 4 is 16.0 Å². The quantitative estimate of drug-likeness (QED) is 0.585. The Labute approximate surface area is 96.2 Å². The van der Waals surface area contributed by atoms with Crippen LogP contribution in [0.3, 0.4) is 0 Å². The fourth-order valence-electron chi connectivity index (χ4n) is 1.03. The van der Waals surface area contributed by atoms with Gasteiger partial charge in [0.1, 0.15) is 6.54 Å². The van der Waals surface area contributed by atoms with Crippen molar-refractivity contribution in [1.29, 1.82) is 0 Å². The van der Waals surface area contributed by atoms with Crippen molar-refractivity contribution in [2.24, 2.45) is 0 Å². The lowest BCUT2D eigenvalue weighted by atomic mass is 10.5. The van der Waals surface area contributed by atoms with Gasteiger partial charge in [-0.05, 0) is 14.1 Å². The van der Waals surface area contributed by atoms with Crippen molar-refractivity contribution < 1.29 is 18.3 Å². The first-order valence-electron chi connectivity index (χ1n) is 4.75. The fraction of sp³-hybridized carbons (Fsp3) is 0.667. The number of carboxylic acids is 1. The van der Waals surface area contributed by atoms with Crippen LogP contribution in [0.25, 0.3) is 0 Å². The molecule has 0 saturated carbocycles. The average molecular weight is 250 g/mol. The molecular weight excluding hydrogens is 232 g/mol. The van der Waals surface area contributed by atoms with Crippen molar-refractivity contribution in [2.45, 2.75) is 0 Å². The molecule has 0 aliphatic heterocycles. The van der Waals surface area contributed by atoms with Crippen molar-refractivity contribution in [1.82, 2.24) is 9.21 Å². The summed E-state index contributed by atoms with van der Waals surface area (Å²) < 4.78 is 24.3. The molecule has 6 nitrogen and oxygen atoms in total. The molecule has 1 N–H and O–H groups in total. The summed E-state index contributed by atoms with van der Waals surface area (Å²) in [6.07, 6.45) is 1.25. The van der Waals surface area contributed by atoms with Gasteiger partial charge in [0, 0.05) is 13.1 Å². The predicted molar refractivity (Wildman–Crippen MR) is 61.7 cm³/mol. The number of hydrogen-bond acceptors (Lipinski definition) is 4. The summed E-state index contributed by atoms with van der Waals surface area (Å²) >= 11 is 0. The first-order valence-corrected chi connectivity index (χ1v) is 6.35. The molecule has 7 heteroatoms. The van der Waals surface area contributed by atoms with E-state index in [0.717, 1.165) is 4.31 Å². The topological polar surface area (TPSA) is 77.9 Å². The lowest BCUT2D eigenvalue weighted by Crippen LogP contribution is -2.40. The van der Waals surface area contributed by atoms with E-state index in [1.165, 1.54) is 6.08 Å². The van der Waals surface area contributed by atoms with Gasteiger partial charge in [-0.25, -0.2) is 8.42 Å². The minimum atomic E-state index is -3.56. The van der Waals surface area contributed by atoms with E-state index in [1.54, 1.807) is 19.0 Å². The molecule has 0 radical (unpaired) electrons. The second kappa shape index (κ2) is 6.62. The third kappa shape index (κ3) is 5.84. The summed E-state index contributed by atoms with van der Waals surface area (Å²) in [5, 5.41) is 8.64. The van der Waals surface area contributed by atoms with Crippen molar-refractivity contribution in [3.63, 3.8) is 0 Å². The summed E-state index contributed by atoms with van der Waals surface area (Å²) in [6, 6.07) is 0. The molecule has 0 aromatic carbocycles. The average Bonchev–Trinajstić information content (AvgIpc) is 2.11. The molecule has 0 fully saturated rings. The highest BCUT2D eigenvalue weighted by atomic mass is 32.2. The van der Waals surface area contributed by atoms with Crippen molar-refractivity contribution in [2.75, 3.05) is 39.5 Å². The van der Waals surface area contributed by atoms with Gasteiger partial charge >= 0.3 is 5.97 Å². The van der Waals surface area contributed by atoms with Crippen LogP contribution in [-0.2, 0) is 14.8 Å². The highest BCUT2D eigenvalue weighted by Gasteiger charge is 2.22. The molecule has 0 aromatic rings. The zero-order valence-corrected chi connectivity index (χ0v) is 10.4. The SMILES string of the molecule is C=CCS(=O)(=O)N(CCN(C)C)CC(=O)O. The van der Waals surface area contributed by atoms with Crippen LogP contribution in [-0.4, -0.2) is 68.2 Å². The van der Waals surface area contributed by atoms with Crippen molar-refractivity contribution in [3.05, 3.63) is 12.7 Å². The molecule has 0 saturated heterocycles. The second-order valence-electron chi connectivity index (χ2n) is 3.60. The summed E-state index contributed by atoms with van der Waals surface area (Å²) in [6.45, 7) is 3.47. The largest absolute Gasteiger partial charge is 0.480 e. The summed E-state index contributed by atoms with van der Waals surface area (Å²) in [4.78, 5) is 12.3. The number of likely N-dealkylation sites (N-methyl/N-ethyl adjacent to an activating group) is 1. The maximum Gasteiger partial charge on any atom is 0.318 e. The first kappa shape index (κ1) is 15.1. The number of carboxylic acid groups (broad SMARTS) is 1. The molecule has 0 rings (SSSR count). The van der Waals surface area contributed by atoms with E-state index >= 15 is 0 Å². The third-order valence-electron chi connectivity index (χ3n) is 1.83. The summed E-state index contributed by atoms with van der Waals surface area (Å²) in [7, 11) is 0.0261. The molecule has 0 bridgehead atoms. The highest BCUT2D eigenvalue weighted by molar-refractivity contribution is 7.89. The van der Waals surface area contributed by atoms with Gasteiger partial charge < -0.3 is 10.0 Å². The van der Waals surface area contributed by atoms with Gasteiger partial charge in [-0.1, -0.05) is 6.08 Å². The van der Waals surface area contributed by atoms with E-state index in [1.807, 2.05) is 0 Å².